The minimum Gasteiger partial charge on any atom is -0.497 e. The topological polar surface area (TPSA) is 29.5 Å². The quantitative estimate of drug-likeness (QED) is 0.458. The van der Waals surface area contributed by atoms with Gasteiger partial charge in [0.2, 0.25) is 0 Å². The molecule has 0 aliphatic heterocycles. The molecule has 4 atom stereocenters. The Kier molecular flexibility index (Phi) is 4.42. The summed E-state index contributed by atoms with van der Waals surface area (Å²) >= 11 is 0. The average Bonchev–Trinajstić information content (AvgIpc) is 2.73. The number of hydrogen-bond donors (Lipinski definition) is 1. The van der Waals surface area contributed by atoms with E-state index >= 15 is 0 Å². The molecule has 0 aromatic heterocycles. The molecular weight excluding hydrogens is 372 g/mol. The van der Waals surface area contributed by atoms with Crippen LogP contribution in [0.3, 0.4) is 0 Å². The van der Waals surface area contributed by atoms with E-state index in [0.717, 1.165) is 33.6 Å². The molecule has 0 fully saturated rings. The molecule has 2 aromatic carbocycles. The highest BCUT2D eigenvalue weighted by molar-refractivity contribution is 6.77. The van der Waals surface area contributed by atoms with Crippen LogP contribution in [0.4, 0.5) is 0 Å². The summed E-state index contributed by atoms with van der Waals surface area (Å²) in [5.74, 6) is -0.422. The van der Waals surface area contributed by atoms with Crippen molar-refractivity contribution < 1.29 is 12.6 Å². The maximum absolute atomic E-state index is 11.0. The van der Waals surface area contributed by atoms with Gasteiger partial charge >= 0.3 is 0 Å². The first-order valence-electron chi connectivity index (χ1n) is 11.5. The molecule has 2 aliphatic carbocycles. The molecule has 0 saturated carbocycles. The lowest BCUT2D eigenvalue weighted by Crippen LogP contribution is -2.45. The van der Waals surface area contributed by atoms with Gasteiger partial charge in [-0.05, 0) is 54.1 Å². The normalized spacial score (nSPS) is 35.3. The molecule has 29 heavy (non-hydrogen) atoms. The third kappa shape index (κ3) is 3.29. The van der Waals surface area contributed by atoms with Gasteiger partial charge in [-0.15, -0.1) is 0 Å². The van der Waals surface area contributed by atoms with Crippen molar-refractivity contribution >= 4 is 8.07 Å². The van der Waals surface area contributed by atoms with Crippen LogP contribution in [0.15, 0.2) is 59.7 Å². The Morgan fingerprint density at radius 1 is 1.10 bits per heavy atom. The second kappa shape index (κ2) is 7.14. The van der Waals surface area contributed by atoms with Crippen molar-refractivity contribution in [3.05, 3.63) is 76.4 Å². The summed E-state index contributed by atoms with van der Waals surface area (Å²) in [4.78, 5) is 0. The van der Waals surface area contributed by atoms with Crippen LogP contribution in [-0.2, 0) is 5.41 Å². The van der Waals surface area contributed by atoms with E-state index in [1.54, 1.807) is 7.11 Å². The molecular formula is C26H34O2Si. The number of benzene rings is 2. The van der Waals surface area contributed by atoms with Gasteiger partial charge < -0.3 is 9.84 Å². The Bertz CT molecular complexity index is 1040. The second-order valence-electron chi connectivity index (χ2n) is 9.75. The summed E-state index contributed by atoms with van der Waals surface area (Å²) in [7, 11) is -0.532. The SMILES string of the molecule is [2H]C1(c2ccc(OC)cc2)C(C)=C2C[C@@H](O)c3ccccc3[C@@]2(C)CC1([2H])[Si](C)(C)C. The standard InChI is InChI=1S/C26H34O2Si/c1-17-22-15-23(27)20-9-7-8-10-21(20)26(22,2)16-24(29(4,5)6)25(17)18-11-13-19(28-3)14-12-18/h7-14,23-25,27H,15-16H2,1-6H3/t23-,24?,25?,26-/m1/s1/i24D,25D. The van der Waals surface area contributed by atoms with Crippen LogP contribution in [0.1, 0.15) is 58.1 Å². The summed E-state index contributed by atoms with van der Waals surface area (Å²) in [6, 6.07) is 15.8. The first kappa shape index (κ1) is 18.0. The van der Waals surface area contributed by atoms with E-state index in [9.17, 15) is 7.85 Å². The molecule has 2 aliphatic rings. The van der Waals surface area contributed by atoms with Gasteiger partial charge in [0.05, 0.1) is 13.2 Å². The molecule has 154 valence electrons. The average molecular weight is 409 g/mol. The van der Waals surface area contributed by atoms with Crippen LogP contribution in [0.2, 0.25) is 25.2 Å². The maximum Gasteiger partial charge on any atom is 0.118 e. The van der Waals surface area contributed by atoms with Gasteiger partial charge in [-0.25, -0.2) is 0 Å². The van der Waals surface area contributed by atoms with E-state index in [2.05, 4.69) is 32.6 Å². The van der Waals surface area contributed by atoms with Crippen molar-refractivity contribution in [3.8, 4) is 5.75 Å². The summed E-state index contributed by atoms with van der Waals surface area (Å²) in [5, 5.41) is 11.0. The molecule has 0 bridgehead atoms. The van der Waals surface area contributed by atoms with E-state index in [1.807, 2.05) is 49.4 Å². The Morgan fingerprint density at radius 3 is 2.38 bits per heavy atom. The van der Waals surface area contributed by atoms with Crippen LogP contribution in [-0.4, -0.2) is 20.3 Å². The summed E-state index contributed by atoms with van der Waals surface area (Å²) in [5.41, 5.74) is 3.69. The van der Waals surface area contributed by atoms with E-state index in [-0.39, 0.29) is 5.41 Å². The number of rotatable bonds is 3. The Hall–Kier alpha value is -1.84. The number of allylic oxidation sites excluding steroid dienone is 1. The molecule has 0 heterocycles. The van der Waals surface area contributed by atoms with Gasteiger partial charge in [0.15, 0.2) is 0 Å². The van der Waals surface area contributed by atoms with Crippen molar-refractivity contribution in [2.75, 3.05) is 7.11 Å². The van der Waals surface area contributed by atoms with Gasteiger partial charge in [0.1, 0.15) is 5.75 Å². The number of aliphatic hydroxyl groups is 1. The largest absolute Gasteiger partial charge is 0.497 e. The number of ether oxygens (including phenoxy) is 1. The van der Waals surface area contributed by atoms with Crippen LogP contribution in [0.5, 0.6) is 5.75 Å². The molecule has 2 unspecified atom stereocenters. The molecule has 4 rings (SSSR count). The predicted octanol–water partition coefficient (Wildman–Crippen LogP) is 6.60. The number of hydrogen-bond acceptors (Lipinski definition) is 2. The van der Waals surface area contributed by atoms with Gasteiger partial charge in [-0.2, -0.15) is 0 Å². The second-order valence-corrected chi connectivity index (χ2v) is 14.9. The number of fused-ring (bicyclic) bond motifs is 3. The predicted molar refractivity (Wildman–Crippen MR) is 124 cm³/mol. The molecule has 1 N–H and O–H groups in total. The van der Waals surface area contributed by atoms with Gasteiger partial charge in [0.25, 0.3) is 0 Å². The van der Waals surface area contributed by atoms with Crippen LogP contribution in [0, 0.1) is 0 Å². The number of aliphatic hydroxyl groups excluding tert-OH is 1. The zero-order chi connectivity index (χ0) is 22.8. The van der Waals surface area contributed by atoms with Crippen molar-refractivity contribution in [1.82, 2.24) is 0 Å². The lowest BCUT2D eigenvalue weighted by molar-refractivity contribution is 0.156. The van der Waals surface area contributed by atoms with Crippen LogP contribution in [0.25, 0.3) is 0 Å². The molecule has 0 amide bonds. The smallest absolute Gasteiger partial charge is 0.118 e. The molecule has 0 saturated heterocycles. The fourth-order valence-corrected chi connectivity index (χ4v) is 7.32. The lowest BCUT2D eigenvalue weighted by atomic mass is 9.58. The summed E-state index contributed by atoms with van der Waals surface area (Å²) in [6.45, 7) is 10.9. The zero-order valence-electron chi connectivity index (χ0n) is 20.5. The highest BCUT2D eigenvalue weighted by Crippen LogP contribution is 2.60. The van der Waals surface area contributed by atoms with Gasteiger partial charge in [-0.1, -0.05) is 74.1 Å². The monoisotopic (exact) mass is 408 g/mol. The van der Waals surface area contributed by atoms with Crippen LogP contribution >= 0.6 is 0 Å². The van der Waals surface area contributed by atoms with Gasteiger partial charge in [0, 0.05) is 22.1 Å². The summed E-state index contributed by atoms with van der Waals surface area (Å²) < 4.78 is 25.3. The third-order valence-corrected chi connectivity index (χ3v) is 9.16. The zero-order valence-corrected chi connectivity index (χ0v) is 19.5. The lowest BCUT2D eigenvalue weighted by Gasteiger charge is -2.52. The van der Waals surface area contributed by atoms with E-state index in [0.29, 0.717) is 12.8 Å². The van der Waals surface area contributed by atoms with Crippen molar-refractivity contribution in [1.29, 1.82) is 0 Å². The first-order valence-corrected chi connectivity index (χ1v) is 14.0. The van der Waals surface area contributed by atoms with Crippen molar-refractivity contribution in [2.24, 2.45) is 0 Å². The Balaban J connectivity index is 2.04. The number of methoxy groups -OCH3 is 1. The van der Waals surface area contributed by atoms with E-state index < -0.39 is 25.6 Å². The molecule has 0 radical (unpaired) electrons. The van der Waals surface area contributed by atoms with Crippen molar-refractivity contribution in [2.45, 2.75) is 69.3 Å². The van der Waals surface area contributed by atoms with E-state index in [4.69, 9.17) is 4.74 Å². The van der Waals surface area contributed by atoms with Crippen molar-refractivity contribution in [3.63, 3.8) is 0 Å². The van der Waals surface area contributed by atoms with Crippen LogP contribution < -0.4 is 4.74 Å². The summed E-state index contributed by atoms with van der Waals surface area (Å²) in [6.07, 6.45) is 0.541. The van der Waals surface area contributed by atoms with Gasteiger partial charge in [-0.3, -0.25) is 0 Å². The molecule has 3 heteroatoms. The maximum atomic E-state index is 11.0. The fourth-order valence-electron chi connectivity index (χ4n) is 5.36. The minimum absolute atomic E-state index is 0.348. The molecule has 0 spiro atoms. The van der Waals surface area contributed by atoms with E-state index in [1.165, 1.54) is 0 Å². The highest BCUT2D eigenvalue weighted by atomic mass is 28.3. The minimum atomic E-state index is -2.17. The molecule has 2 nitrogen and oxygen atoms in total. The fraction of sp³-hybridized carbons (Fsp3) is 0.462. The molecule has 2 aromatic rings. The third-order valence-electron chi connectivity index (χ3n) is 6.92. The first-order chi connectivity index (χ1) is 14.4. The highest BCUT2D eigenvalue weighted by Gasteiger charge is 2.50. The Labute approximate surface area is 179 Å². The Morgan fingerprint density at radius 2 is 1.76 bits per heavy atom.